The van der Waals surface area contributed by atoms with E-state index in [1.165, 1.54) is 8.45 Å². The SMILES string of the molecule is Cc1ccncc1-c1nc(-c2ccc(Cl)cc2)c(I)s1. The minimum absolute atomic E-state index is 0.738. The lowest BCUT2D eigenvalue weighted by atomic mass is 10.1. The van der Waals surface area contributed by atoms with Crippen molar-refractivity contribution in [2.75, 3.05) is 0 Å². The van der Waals surface area contributed by atoms with Crippen LogP contribution in [-0.4, -0.2) is 9.97 Å². The van der Waals surface area contributed by atoms with E-state index >= 15 is 0 Å². The van der Waals surface area contributed by atoms with Crippen LogP contribution in [0.2, 0.25) is 5.02 Å². The van der Waals surface area contributed by atoms with E-state index in [2.05, 4.69) is 34.5 Å². The summed E-state index contributed by atoms with van der Waals surface area (Å²) in [6.07, 6.45) is 3.67. The summed E-state index contributed by atoms with van der Waals surface area (Å²) in [6.45, 7) is 2.08. The first kappa shape index (κ1) is 14.0. The third-order valence-electron chi connectivity index (χ3n) is 2.97. The van der Waals surface area contributed by atoms with Gasteiger partial charge in [-0.25, -0.2) is 4.98 Å². The van der Waals surface area contributed by atoms with Crippen LogP contribution < -0.4 is 0 Å². The Bertz CT molecular complexity index is 753. The summed E-state index contributed by atoms with van der Waals surface area (Å²) in [4.78, 5) is 8.96. The Morgan fingerprint density at radius 1 is 1.15 bits per heavy atom. The van der Waals surface area contributed by atoms with Crippen LogP contribution in [0.4, 0.5) is 0 Å². The number of halogens is 2. The molecular weight excluding hydrogens is 403 g/mol. The summed E-state index contributed by atoms with van der Waals surface area (Å²) in [6, 6.07) is 9.78. The van der Waals surface area contributed by atoms with Gasteiger partial charge in [0.25, 0.3) is 0 Å². The third-order valence-corrected chi connectivity index (χ3v) is 5.27. The Balaban J connectivity index is 2.08. The molecule has 2 aromatic heterocycles. The summed E-state index contributed by atoms with van der Waals surface area (Å²) in [5.74, 6) is 0. The predicted molar refractivity (Wildman–Crippen MR) is 93.2 cm³/mol. The van der Waals surface area contributed by atoms with Crippen LogP contribution in [0.25, 0.3) is 21.8 Å². The smallest absolute Gasteiger partial charge is 0.126 e. The molecule has 0 amide bonds. The molecule has 2 heterocycles. The average molecular weight is 413 g/mol. The van der Waals surface area contributed by atoms with Gasteiger partial charge in [-0.1, -0.05) is 23.7 Å². The van der Waals surface area contributed by atoms with Gasteiger partial charge < -0.3 is 0 Å². The first-order valence-electron chi connectivity index (χ1n) is 5.98. The molecule has 0 aliphatic heterocycles. The predicted octanol–water partition coefficient (Wildman–Crippen LogP) is 5.44. The first-order chi connectivity index (χ1) is 9.65. The summed E-state index contributed by atoms with van der Waals surface area (Å²) < 4.78 is 1.17. The van der Waals surface area contributed by atoms with Crippen molar-refractivity contribution in [1.29, 1.82) is 0 Å². The Morgan fingerprint density at radius 3 is 2.60 bits per heavy atom. The van der Waals surface area contributed by atoms with Crippen LogP contribution >= 0.6 is 45.5 Å². The van der Waals surface area contributed by atoms with Crippen molar-refractivity contribution >= 4 is 45.5 Å². The van der Waals surface area contributed by atoms with Gasteiger partial charge in [0.1, 0.15) is 5.01 Å². The number of rotatable bonds is 2. The minimum atomic E-state index is 0.738. The molecule has 2 nitrogen and oxygen atoms in total. The Labute approximate surface area is 140 Å². The molecule has 0 aliphatic rings. The van der Waals surface area contributed by atoms with Crippen molar-refractivity contribution < 1.29 is 0 Å². The molecular formula is C15H10ClIN2S. The number of hydrogen-bond acceptors (Lipinski definition) is 3. The maximum Gasteiger partial charge on any atom is 0.126 e. The van der Waals surface area contributed by atoms with E-state index in [-0.39, 0.29) is 0 Å². The van der Waals surface area contributed by atoms with Gasteiger partial charge in [-0.05, 0) is 53.3 Å². The molecule has 0 saturated carbocycles. The van der Waals surface area contributed by atoms with Gasteiger partial charge in [0.2, 0.25) is 0 Å². The molecule has 0 N–H and O–H groups in total. The maximum atomic E-state index is 5.93. The number of benzene rings is 1. The van der Waals surface area contributed by atoms with Gasteiger partial charge in [0.05, 0.1) is 8.58 Å². The molecule has 0 aliphatic carbocycles. The highest BCUT2D eigenvalue weighted by Gasteiger charge is 2.13. The fourth-order valence-electron chi connectivity index (χ4n) is 1.89. The van der Waals surface area contributed by atoms with Crippen molar-refractivity contribution in [2.24, 2.45) is 0 Å². The second-order valence-electron chi connectivity index (χ2n) is 4.34. The fraction of sp³-hybridized carbons (Fsp3) is 0.0667. The molecule has 0 saturated heterocycles. The lowest BCUT2D eigenvalue weighted by molar-refractivity contribution is 1.27. The summed E-state index contributed by atoms with van der Waals surface area (Å²) >= 11 is 9.95. The van der Waals surface area contributed by atoms with E-state index in [4.69, 9.17) is 16.6 Å². The topological polar surface area (TPSA) is 25.8 Å². The molecule has 0 radical (unpaired) electrons. The molecule has 100 valence electrons. The van der Waals surface area contributed by atoms with Gasteiger partial charge in [0.15, 0.2) is 0 Å². The highest BCUT2D eigenvalue weighted by atomic mass is 127. The fourth-order valence-corrected chi connectivity index (χ4v) is 3.96. The van der Waals surface area contributed by atoms with Crippen molar-refractivity contribution in [3.63, 3.8) is 0 Å². The van der Waals surface area contributed by atoms with Crippen LogP contribution in [0, 0.1) is 9.81 Å². The zero-order valence-corrected chi connectivity index (χ0v) is 14.3. The van der Waals surface area contributed by atoms with Gasteiger partial charge in [-0.15, -0.1) is 11.3 Å². The number of hydrogen-bond donors (Lipinski definition) is 0. The van der Waals surface area contributed by atoms with E-state index in [9.17, 15) is 0 Å². The normalized spacial score (nSPS) is 10.8. The molecule has 0 fully saturated rings. The van der Waals surface area contributed by atoms with E-state index in [0.717, 1.165) is 26.9 Å². The highest BCUT2D eigenvalue weighted by molar-refractivity contribution is 14.1. The summed E-state index contributed by atoms with van der Waals surface area (Å²) in [5.41, 5.74) is 4.37. The average Bonchev–Trinajstić information content (AvgIpc) is 2.82. The number of aromatic nitrogens is 2. The Morgan fingerprint density at radius 2 is 1.90 bits per heavy atom. The summed E-state index contributed by atoms with van der Waals surface area (Å²) in [7, 11) is 0. The summed E-state index contributed by atoms with van der Waals surface area (Å²) in [5, 5.41) is 1.74. The molecule has 0 spiro atoms. The number of thiazole rings is 1. The molecule has 0 atom stereocenters. The highest BCUT2D eigenvalue weighted by Crippen LogP contribution is 2.35. The molecule has 20 heavy (non-hydrogen) atoms. The zero-order valence-electron chi connectivity index (χ0n) is 10.6. The standard InChI is InChI=1S/C15H10ClIN2S/c1-9-6-7-18-8-12(9)15-19-13(14(17)20-15)10-2-4-11(16)5-3-10/h2-8H,1H3. The van der Waals surface area contributed by atoms with Crippen molar-refractivity contribution in [2.45, 2.75) is 6.92 Å². The minimum Gasteiger partial charge on any atom is -0.264 e. The lowest BCUT2D eigenvalue weighted by Crippen LogP contribution is -1.84. The van der Waals surface area contributed by atoms with Crippen molar-refractivity contribution in [1.82, 2.24) is 9.97 Å². The second kappa shape index (κ2) is 5.79. The molecule has 0 bridgehead atoms. The monoisotopic (exact) mass is 412 g/mol. The Kier molecular flexibility index (Phi) is 4.05. The van der Waals surface area contributed by atoms with Crippen LogP contribution in [-0.2, 0) is 0 Å². The van der Waals surface area contributed by atoms with Crippen molar-refractivity contribution in [3.8, 4) is 21.8 Å². The number of nitrogens with zero attached hydrogens (tertiary/aromatic N) is 2. The molecule has 5 heteroatoms. The van der Waals surface area contributed by atoms with Crippen LogP contribution in [0.3, 0.4) is 0 Å². The molecule has 3 rings (SSSR count). The van der Waals surface area contributed by atoms with Crippen LogP contribution in [0.1, 0.15) is 5.56 Å². The third kappa shape index (κ3) is 2.73. The maximum absolute atomic E-state index is 5.93. The van der Waals surface area contributed by atoms with Gasteiger partial charge >= 0.3 is 0 Å². The number of pyridine rings is 1. The molecule has 1 aromatic carbocycles. The van der Waals surface area contributed by atoms with Gasteiger partial charge in [0, 0.05) is 28.5 Å². The quantitative estimate of drug-likeness (QED) is 0.524. The van der Waals surface area contributed by atoms with Crippen molar-refractivity contribution in [3.05, 3.63) is 56.2 Å². The Hall–Kier alpha value is -0.980. The van der Waals surface area contributed by atoms with E-state index in [1.807, 2.05) is 36.5 Å². The van der Waals surface area contributed by atoms with E-state index in [0.29, 0.717) is 0 Å². The largest absolute Gasteiger partial charge is 0.264 e. The number of aryl methyl sites for hydroxylation is 1. The van der Waals surface area contributed by atoms with E-state index < -0.39 is 0 Å². The van der Waals surface area contributed by atoms with Crippen LogP contribution in [0.15, 0.2) is 42.7 Å². The van der Waals surface area contributed by atoms with E-state index in [1.54, 1.807) is 17.5 Å². The lowest BCUT2D eigenvalue weighted by Gasteiger charge is -2.00. The first-order valence-corrected chi connectivity index (χ1v) is 8.26. The second-order valence-corrected chi connectivity index (χ2v) is 7.59. The zero-order chi connectivity index (χ0) is 14.1. The van der Waals surface area contributed by atoms with Crippen LogP contribution in [0.5, 0.6) is 0 Å². The van der Waals surface area contributed by atoms with Gasteiger partial charge in [-0.3, -0.25) is 4.98 Å². The molecule has 3 aromatic rings. The molecule has 0 unspecified atom stereocenters. The van der Waals surface area contributed by atoms with Gasteiger partial charge in [-0.2, -0.15) is 0 Å².